The Kier molecular flexibility index (Phi) is 3.62. The molecular formula is C12H10ClNO3S3. The van der Waals surface area contributed by atoms with Gasteiger partial charge in [-0.25, -0.2) is 8.42 Å². The van der Waals surface area contributed by atoms with E-state index in [-0.39, 0.29) is 10.8 Å². The van der Waals surface area contributed by atoms with Gasteiger partial charge in [0.25, 0.3) is 10.0 Å². The number of halogens is 1. The normalized spacial score (nSPS) is 18.9. The Labute approximate surface area is 128 Å². The van der Waals surface area contributed by atoms with Crippen LogP contribution >= 0.6 is 22.9 Å². The summed E-state index contributed by atoms with van der Waals surface area (Å²) in [4.78, 5) is 0.560. The number of thiophene rings is 1. The van der Waals surface area contributed by atoms with Crippen molar-refractivity contribution in [2.45, 2.75) is 9.10 Å². The molecule has 3 rings (SSSR count). The number of nitrogens with zero attached hydrogens (tertiary/aromatic N) is 1. The van der Waals surface area contributed by atoms with Crippen LogP contribution in [0.4, 0.5) is 5.69 Å². The molecule has 0 N–H and O–H groups in total. The second-order valence-electron chi connectivity index (χ2n) is 4.15. The summed E-state index contributed by atoms with van der Waals surface area (Å²) < 4.78 is 39.2. The van der Waals surface area contributed by atoms with Crippen LogP contribution in [0.1, 0.15) is 0 Å². The third kappa shape index (κ3) is 2.28. The van der Waals surface area contributed by atoms with Crippen molar-refractivity contribution >= 4 is 49.4 Å². The molecule has 4 nitrogen and oxygen atoms in total. The number of benzene rings is 1. The van der Waals surface area contributed by atoms with Crippen molar-refractivity contribution in [3.05, 3.63) is 40.7 Å². The number of fused-ring (bicyclic) bond motifs is 1. The topological polar surface area (TPSA) is 54.5 Å². The van der Waals surface area contributed by atoms with Gasteiger partial charge in [0.1, 0.15) is 4.21 Å². The van der Waals surface area contributed by atoms with Crippen LogP contribution in [0.3, 0.4) is 0 Å². The van der Waals surface area contributed by atoms with Gasteiger partial charge in [-0.1, -0.05) is 23.7 Å². The van der Waals surface area contributed by atoms with Gasteiger partial charge in [0.05, 0.1) is 25.7 Å². The molecule has 8 heteroatoms. The summed E-state index contributed by atoms with van der Waals surface area (Å²) in [5.41, 5.74) is 0.488. The molecular weight excluding hydrogens is 338 g/mol. The maximum absolute atomic E-state index is 12.6. The lowest BCUT2D eigenvalue weighted by atomic mass is 10.3. The van der Waals surface area contributed by atoms with E-state index in [1.165, 1.54) is 10.4 Å². The molecule has 0 bridgehead atoms. The monoisotopic (exact) mass is 347 g/mol. The first-order valence-corrected chi connectivity index (χ1v) is 9.71. The molecule has 0 aliphatic carbocycles. The van der Waals surface area contributed by atoms with Gasteiger partial charge in [-0.15, -0.1) is 11.3 Å². The SMILES string of the molecule is O=S1CCN(S(=O)(=O)c2ccc(Cl)s2)c2ccccc21. The third-order valence-corrected chi connectivity index (χ3v) is 7.85. The van der Waals surface area contributed by atoms with Crippen LogP contribution < -0.4 is 4.31 Å². The number of hydrogen-bond acceptors (Lipinski definition) is 4. The minimum absolute atomic E-state index is 0.199. The Bertz CT molecular complexity index is 785. The van der Waals surface area contributed by atoms with Gasteiger partial charge in [-0.2, -0.15) is 0 Å². The van der Waals surface area contributed by atoms with Crippen molar-refractivity contribution in [2.75, 3.05) is 16.6 Å². The summed E-state index contributed by atoms with van der Waals surface area (Å²) in [5.74, 6) is 0.301. The Morgan fingerprint density at radius 1 is 1.20 bits per heavy atom. The molecule has 2 aromatic rings. The molecule has 1 unspecified atom stereocenters. The van der Waals surface area contributed by atoms with E-state index in [9.17, 15) is 12.6 Å². The highest BCUT2D eigenvalue weighted by atomic mass is 35.5. The van der Waals surface area contributed by atoms with Gasteiger partial charge in [0.15, 0.2) is 0 Å². The smallest absolute Gasteiger partial charge is 0.264 e. The molecule has 2 heterocycles. The van der Waals surface area contributed by atoms with Gasteiger partial charge < -0.3 is 0 Å². The Balaban J connectivity index is 2.12. The molecule has 0 spiro atoms. The first-order chi connectivity index (χ1) is 9.50. The minimum Gasteiger partial charge on any atom is -0.264 e. The Morgan fingerprint density at radius 2 is 1.95 bits per heavy atom. The van der Waals surface area contributed by atoms with E-state index in [2.05, 4.69) is 0 Å². The second kappa shape index (κ2) is 5.14. The second-order valence-corrected chi connectivity index (χ2v) is 9.50. The summed E-state index contributed by atoms with van der Waals surface area (Å²) >= 11 is 6.84. The molecule has 1 atom stereocenters. The lowest BCUT2D eigenvalue weighted by molar-refractivity contribution is 0.593. The Hall–Kier alpha value is -0.890. The lowest BCUT2D eigenvalue weighted by Gasteiger charge is -2.29. The van der Waals surface area contributed by atoms with Crippen LogP contribution in [0.2, 0.25) is 4.34 Å². The van der Waals surface area contributed by atoms with Gasteiger partial charge >= 0.3 is 0 Å². The number of sulfonamides is 1. The van der Waals surface area contributed by atoms with Crippen molar-refractivity contribution in [2.24, 2.45) is 0 Å². The van der Waals surface area contributed by atoms with Gasteiger partial charge in [-0.05, 0) is 24.3 Å². The molecule has 106 valence electrons. The predicted octanol–water partition coefficient (Wildman–Crippen LogP) is 2.72. The fraction of sp³-hybridized carbons (Fsp3) is 0.167. The summed E-state index contributed by atoms with van der Waals surface area (Å²) in [6.07, 6.45) is 0. The average molecular weight is 348 g/mol. The van der Waals surface area contributed by atoms with E-state index in [4.69, 9.17) is 11.6 Å². The first-order valence-electron chi connectivity index (χ1n) is 5.75. The molecule has 0 radical (unpaired) electrons. The molecule has 1 aliphatic rings. The average Bonchev–Trinajstić information content (AvgIpc) is 2.87. The maximum atomic E-state index is 12.6. The highest BCUT2D eigenvalue weighted by Crippen LogP contribution is 2.35. The van der Waals surface area contributed by atoms with Gasteiger partial charge in [-0.3, -0.25) is 8.51 Å². The van der Waals surface area contributed by atoms with Crippen LogP contribution in [-0.2, 0) is 20.8 Å². The zero-order valence-electron chi connectivity index (χ0n) is 10.2. The van der Waals surface area contributed by atoms with Gasteiger partial charge in [0.2, 0.25) is 0 Å². The molecule has 1 aliphatic heterocycles. The van der Waals surface area contributed by atoms with Crippen LogP contribution in [0, 0.1) is 0 Å². The van der Waals surface area contributed by atoms with Crippen molar-refractivity contribution in [3.63, 3.8) is 0 Å². The van der Waals surface area contributed by atoms with E-state index in [0.29, 0.717) is 20.7 Å². The van der Waals surface area contributed by atoms with E-state index in [1.807, 2.05) is 0 Å². The molecule has 0 saturated heterocycles. The molecule has 20 heavy (non-hydrogen) atoms. The van der Waals surface area contributed by atoms with E-state index >= 15 is 0 Å². The maximum Gasteiger partial charge on any atom is 0.273 e. The van der Waals surface area contributed by atoms with Crippen LogP contribution in [0.15, 0.2) is 45.5 Å². The quantitative estimate of drug-likeness (QED) is 0.839. The standard InChI is InChI=1S/C12H10ClNO3S3/c13-11-5-6-12(18-11)20(16,17)14-7-8-19(15)10-4-2-1-3-9(10)14/h1-6H,7-8H2. The van der Waals surface area contributed by atoms with Crippen molar-refractivity contribution in [3.8, 4) is 0 Å². The van der Waals surface area contributed by atoms with Crippen molar-refractivity contribution in [1.29, 1.82) is 0 Å². The van der Waals surface area contributed by atoms with Crippen LogP contribution in [0.25, 0.3) is 0 Å². The number of anilines is 1. The van der Waals surface area contributed by atoms with Crippen LogP contribution in [0.5, 0.6) is 0 Å². The fourth-order valence-electron chi connectivity index (χ4n) is 2.05. The first kappa shape index (κ1) is 14.1. The zero-order valence-corrected chi connectivity index (χ0v) is 13.4. The highest BCUT2D eigenvalue weighted by molar-refractivity contribution is 7.95. The molecule has 0 amide bonds. The molecule has 0 saturated carbocycles. The molecule has 1 aromatic carbocycles. The highest BCUT2D eigenvalue weighted by Gasteiger charge is 2.32. The van der Waals surface area contributed by atoms with E-state index < -0.39 is 20.8 Å². The predicted molar refractivity (Wildman–Crippen MR) is 81.6 cm³/mol. The van der Waals surface area contributed by atoms with E-state index in [0.717, 1.165) is 11.3 Å². The number of para-hydroxylation sites is 1. The molecule has 0 fully saturated rings. The largest absolute Gasteiger partial charge is 0.273 e. The fourth-order valence-corrected chi connectivity index (χ4v) is 6.51. The minimum atomic E-state index is -3.65. The summed E-state index contributed by atoms with van der Waals surface area (Å²) in [7, 11) is -4.80. The lowest BCUT2D eigenvalue weighted by Crippen LogP contribution is -2.37. The van der Waals surface area contributed by atoms with Crippen LogP contribution in [-0.4, -0.2) is 24.9 Å². The third-order valence-electron chi connectivity index (χ3n) is 2.95. The summed E-state index contributed by atoms with van der Waals surface area (Å²) in [6.45, 7) is 0.210. The number of rotatable bonds is 2. The summed E-state index contributed by atoms with van der Waals surface area (Å²) in [6, 6.07) is 9.94. The Morgan fingerprint density at radius 3 is 2.65 bits per heavy atom. The van der Waals surface area contributed by atoms with Crippen molar-refractivity contribution < 1.29 is 12.6 Å². The molecule has 1 aromatic heterocycles. The van der Waals surface area contributed by atoms with E-state index in [1.54, 1.807) is 30.3 Å². The number of hydrogen-bond donors (Lipinski definition) is 0. The zero-order chi connectivity index (χ0) is 14.3. The van der Waals surface area contributed by atoms with Crippen molar-refractivity contribution in [1.82, 2.24) is 0 Å². The van der Waals surface area contributed by atoms with Gasteiger partial charge in [0, 0.05) is 12.3 Å². The summed E-state index contributed by atoms with van der Waals surface area (Å²) in [5, 5.41) is 0.